The molecule has 0 saturated heterocycles. The monoisotopic (exact) mass is 426 g/mol. The highest BCUT2D eigenvalue weighted by Gasteiger charge is 2.32. The van der Waals surface area contributed by atoms with Gasteiger partial charge >= 0.3 is 5.97 Å². The molecule has 0 unspecified atom stereocenters. The highest BCUT2D eigenvalue weighted by molar-refractivity contribution is 5.66. The topological polar surface area (TPSA) is 168 Å². The van der Waals surface area contributed by atoms with E-state index in [-0.39, 0.29) is 13.2 Å². The molecule has 0 fully saturated rings. The molecule has 0 saturated carbocycles. The molecule has 29 heavy (non-hydrogen) atoms. The largest absolute Gasteiger partial charge is 0.481 e. The number of aliphatic hydroxyl groups is 6. The Morgan fingerprint density at radius 2 is 1.00 bits per heavy atom. The van der Waals surface area contributed by atoms with E-state index >= 15 is 0 Å². The molecule has 0 aliphatic carbocycles. The minimum atomic E-state index is -1.16. The summed E-state index contributed by atoms with van der Waals surface area (Å²) in [5.41, 5.74) is -2.32. The van der Waals surface area contributed by atoms with Gasteiger partial charge in [0.15, 0.2) is 0 Å². The van der Waals surface area contributed by atoms with E-state index in [4.69, 9.17) is 40.5 Å². The maximum absolute atomic E-state index is 10.1. The molecular weight excluding hydrogens is 384 g/mol. The van der Waals surface area contributed by atoms with Crippen LogP contribution >= 0.6 is 0 Å². The first-order valence-corrected chi connectivity index (χ1v) is 10.3. The zero-order chi connectivity index (χ0) is 22.6. The van der Waals surface area contributed by atoms with E-state index in [1.165, 1.54) is 32.1 Å². The summed E-state index contributed by atoms with van der Waals surface area (Å²) >= 11 is 0. The minimum absolute atomic E-state index is 0.141. The van der Waals surface area contributed by atoms with Crippen molar-refractivity contribution in [1.82, 2.24) is 0 Å². The van der Waals surface area contributed by atoms with Gasteiger partial charge in [-0.25, -0.2) is 0 Å². The quantitative estimate of drug-likeness (QED) is 0.151. The van der Waals surface area contributed by atoms with E-state index < -0.39 is 56.4 Å². The molecule has 0 atom stereocenters. The van der Waals surface area contributed by atoms with Crippen LogP contribution in [0.4, 0.5) is 0 Å². The van der Waals surface area contributed by atoms with Crippen LogP contribution in [0, 0.1) is 10.8 Å². The molecule has 9 heteroatoms. The second kappa shape index (κ2) is 19.2. The second-order valence-corrected chi connectivity index (χ2v) is 7.71. The number of carboxylic acids is 1. The number of ether oxygens (including phenoxy) is 1. The molecule has 0 aliphatic heterocycles. The van der Waals surface area contributed by atoms with E-state index in [1.54, 1.807) is 0 Å². The van der Waals surface area contributed by atoms with Gasteiger partial charge in [-0.1, -0.05) is 45.4 Å². The predicted octanol–water partition coefficient (Wildman–Crippen LogP) is 0.141. The Morgan fingerprint density at radius 1 is 0.655 bits per heavy atom. The van der Waals surface area contributed by atoms with Crippen LogP contribution < -0.4 is 0 Å². The molecule has 9 nitrogen and oxygen atoms in total. The summed E-state index contributed by atoms with van der Waals surface area (Å²) < 4.78 is 5.15. The van der Waals surface area contributed by atoms with Crippen LogP contribution in [0.25, 0.3) is 0 Å². The van der Waals surface area contributed by atoms with Gasteiger partial charge in [-0.2, -0.15) is 0 Å². The van der Waals surface area contributed by atoms with Crippen LogP contribution in [0.2, 0.25) is 0 Å². The fourth-order valence-electron chi connectivity index (χ4n) is 2.29. The first-order chi connectivity index (χ1) is 13.8. The van der Waals surface area contributed by atoms with Crippen molar-refractivity contribution < 1.29 is 45.3 Å². The Kier molecular flexibility index (Phi) is 20.1. The molecule has 0 bridgehead atoms. The van der Waals surface area contributed by atoms with Gasteiger partial charge < -0.3 is 40.5 Å². The lowest BCUT2D eigenvalue weighted by Gasteiger charge is -2.31. The Balaban J connectivity index is 0. The molecule has 0 rings (SSSR count). The van der Waals surface area contributed by atoms with Crippen molar-refractivity contribution in [3.8, 4) is 0 Å². The first-order valence-electron chi connectivity index (χ1n) is 10.3. The van der Waals surface area contributed by atoms with Crippen molar-refractivity contribution in [2.24, 2.45) is 10.8 Å². The third-order valence-corrected chi connectivity index (χ3v) is 4.82. The lowest BCUT2D eigenvalue weighted by molar-refractivity contribution is -0.137. The smallest absolute Gasteiger partial charge is 0.303 e. The molecule has 0 spiro atoms. The SMILES string of the molecule is CCCCCCCCCC(=O)O.OCC(CO)(CO)COCC(CO)(CO)CO. The second-order valence-electron chi connectivity index (χ2n) is 7.71. The van der Waals surface area contributed by atoms with Gasteiger partial charge in [-0.3, -0.25) is 4.79 Å². The maximum Gasteiger partial charge on any atom is 0.303 e. The number of hydrogen-bond acceptors (Lipinski definition) is 8. The van der Waals surface area contributed by atoms with Crippen LogP contribution in [0.5, 0.6) is 0 Å². The molecule has 0 aromatic carbocycles. The Bertz CT molecular complexity index is 332. The van der Waals surface area contributed by atoms with Gasteiger partial charge in [-0.15, -0.1) is 0 Å². The van der Waals surface area contributed by atoms with E-state index in [0.29, 0.717) is 6.42 Å². The number of aliphatic hydroxyl groups excluding tert-OH is 6. The third kappa shape index (κ3) is 14.8. The Hall–Kier alpha value is -0.810. The van der Waals surface area contributed by atoms with Crippen molar-refractivity contribution in [2.45, 2.75) is 58.3 Å². The number of hydrogen-bond donors (Lipinski definition) is 7. The van der Waals surface area contributed by atoms with E-state index in [0.717, 1.165) is 12.8 Å². The summed E-state index contributed by atoms with van der Waals surface area (Å²) in [6.45, 7) is -0.806. The molecule has 0 aromatic heterocycles. The van der Waals surface area contributed by atoms with Crippen LogP contribution in [0.15, 0.2) is 0 Å². The van der Waals surface area contributed by atoms with Crippen LogP contribution in [-0.4, -0.2) is 94.6 Å². The van der Waals surface area contributed by atoms with Crippen molar-refractivity contribution >= 4 is 5.97 Å². The van der Waals surface area contributed by atoms with Crippen LogP contribution in [0.1, 0.15) is 58.3 Å². The van der Waals surface area contributed by atoms with Crippen molar-refractivity contribution in [3.63, 3.8) is 0 Å². The standard InChI is InChI=1S/C10H22O7.C10H20O2/c11-1-9(2-12,3-13)7-17-8-10(4-14,5-15)6-16;1-2-3-4-5-6-7-8-9-10(11)12/h11-16H,1-8H2;2-9H2,1H3,(H,11,12). The summed E-state index contributed by atoms with van der Waals surface area (Å²) in [7, 11) is 0. The maximum atomic E-state index is 10.1. The molecular formula is C20H42O9. The number of aliphatic carboxylic acids is 1. The fourth-order valence-corrected chi connectivity index (χ4v) is 2.29. The Morgan fingerprint density at radius 3 is 1.31 bits per heavy atom. The molecule has 0 aliphatic rings. The Labute approximate surface area is 174 Å². The van der Waals surface area contributed by atoms with Crippen LogP contribution in [0.3, 0.4) is 0 Å². The van der Waals surface area contributed by atoms with Crippen molar-refractivity contribution in [3.05, 3.63) is 0 Å². The van der Waals surface area contributed by atoms with E-state index in [9.17, 15) is 4.79 Å². The summed E-state index contributed by atoms with van der Waals surface area (Å²) in [4.78, 5) is 10.1. The van der Waals surface area contributed by atoms with Crippen LogP contribution in [-0.2, 0) is 9.53 Å². The molecule has 176 valence electrons. The van der Waals surface area contributed by atoms with Crippen molar-refractivity contribution in [2.75, 3.05) is 52.9 Å². The minimum Gasteiger partial charge on any atom is -0.481 e. The van der Waals surface area contributed by atoms with Gasteiger partial charge in [0, 0.05) is 6.42 Å². The lowest BCUT2D eigenvalue weighted by atomic mass is 9.91. The molecule has 0 heterocycles. The highest BCUT2D eigenvalue weighted by Crippen LogP contribution is 2.19. The van der Waals surface area contributed by atoms with E-state index in [2.05, 4.69) is 6.92 Å². The summed E-state index contributed by atoms with van der Waals surface area (Å²) in [6, 6.07) is 0. The number of carbonyl (C=O) groups is 1. The predicted molar refractivity (Wildman–Crippen MR) is 108 cm³/mol. The third-order valence-electron chi connectivity index (χ3n) is 4.82. The summed E-state index contributed by atoms with van der Waals surface area (Å²) in [6.07, 6.45) is 8.64. The molecule has 0 radical (unpaired) electrons. The zero-order valence-electron chi connectivity index (χ0n) is 17.8. The molecule has 0 aromatic rings. The average molecular weight is 427 g/mol. The van der Waals surface area contributed by atoms with Crippen molar-refractivity contribution in [1.29, 1.82) is 0 Å². The van der Waals surface area contributed by atoms with Gasteiger partial charge in [-0.05, 0) is 6.42 Å². The average Bonchev–Trinajstić information content (AvgIpc) is 2.74. The number of carboxylic acid groups (broad SMARTS) is 1. The first kappa shape index (κ1) is 30.4. The summed E-state index contributed by atoms with van der Waals surface area (Å²) in [5.74, 6) is -0.663. The fraction of sp³-hybridized carbons (Fsp3) is 0.950. The normalized spacial score (nSPS) is 11.8. The lowest BCUT2D eigenvalue weighted by Crippen LogP contribution is -2.43. The highest BCUT2D eigenvalue weighted by atomic mass is 16.5. The molecule has 0 amide bonds. The van der Waals surface area contributed by atoms with E-state index in [1.807, 2.05) is 0 Å². The van der Waals surface area contributed by atoms with Gasteiger partial charge in [0.25, 0.3) is 0 Å². The van der Waals surface area contributed by atoms with Gasteiger partial charge in [0.1, 0.15) is 0 Å². The van der Waals surface area contributed by atoms with Gasteiger partial charge in [0.05, 0.1) is 63.7 Å². The molecule has 7 N–H and O–H groups in total. The number of rotatable bonds is 18. The summed E-state index contributed by atoms with van der Waals surface area (Å²) in [5, 5.41) is 62.5. The zero-order valence-corrected chi connectivity index (χ0v) is 17.8. The number of unbranched alkanes of at least 4 members (excludes halogenated alkanes) is 6. The van der Waals surface area contributed by atoms with Gasteiger partial charge in [0.2, 0.25) is 0 Å².